The molecule has 0 fully saturated rings. The van der Waals surface area contributed by atoms with Crippen molar-refractivity contribution in [1.82, 2.24) is 4.90 Å². The highest BCUT2D eigenvalue weighted by Crippen LogP contribution is 2.36. The Morgan fingerprint density at radius 1 is 0.806 bits per heavy atom. The molecule has 0 saturated heterocycles. The van der Waals surface area contributed by atoms with Gasteiger partial charge in [0, 0.05) is 12.4 Å². The van der Waals surface area contributed by atoms with Crippen LogP contribution in [0.3, 0.4) is 0 Å². The summed E-state index contributed by atoms with van der Waals surface area (Å²) in [5.41, 5.74) is 4.93. The zero-order valence-corrected chi connectivity index (χ0v) is 22.6. The lowest BCUT2D eigenvalue weighted by Gasteiger charge is -2.19. The lowest BCUT2D eigenvalue weighted by molar-refractivity contribution is -0.142. The first-order valence-corrected chi connectivity index (χ1v) is 12.8. The number of carbonyl (C=O) groups is 1. The average Bonchev–Trinajstić information content (AvgIpc) is 2.85. The van der Waals surface area contributed by atoms with Gasteiger partial charge in [0.2, 0.25) is 0 Å². The summed E-state index contributed by atoms with van der Waals surface area (Å²) in [6, 6.07) is 26.2. The molecule has 0 heterocycles. The first-order valence-electron chi connectivity index (χ1n) is 12.2. The van der Waals surface area contributed by atoms with Crippen molar-refractivity contribution < 1.29 is 14.3 Å². The van der Waals surface area contributed by atoms with Crippen LogP contribution in [0.2, 0.25) is 0 Å². The molecule has 0 aliphatic rings. The van der Waals surface area contributed by atoms with Crippen LogP contribution in [0.5, 0.6) is 11.5 Å². The fourth-order valence-electron chi connectivity index (χ4n) is 3.68. The van der Waals surface area contributed by atoms with Crippen LogP contribution >= 0.6 is 11.6 Å². The van der Waals surface area contributed by atoms with Crippen LogP contribution in [0.15, 0.2) is 78.9 Å². The Morgan fingerprint density at radius 3 is 1.92 bits per heavy atom. The van der Waals surface area contributed by atoms with E-state index in [9.17, 15) is 4.79 Å². The number of likely N-dealkylation sites (N-methyl/N-ethyl adjacent to an activating group) is 1. The van der Waals surface area contributed by atoms with Gasteiger partial charge in [-0.3, -0.25) is 4.79 Å². The molecule has 0 unspecified atom stereocenters. The lowest BCUT2D eigenvalue weighted by Crippen LogP contribution is -2.25. The second kappa shape index (κ2) is 12.8. The van der Waals surface area contributed by atoms with Crippen molar-refractivity contribution in [3.05, 3.63) is 95.6 Å². The molecule has 0 aromatic heterocycles. The highest BCUT2D eigenvalue weighted by Gasteiger charge is 2.23. The van der Waals surface area contributed by atoms with E-state index in [1.54, 1.807) is 0 Å². The van der Waals surface area contributed by atoms with E-state index in [1.807, 2.05) is 89.5 Å². The van der Waals surface area contributed by atoms with Gasteiger partial charge in [0.05, 0.1) is 5.41 Å². The van der Waals surface area contributed by atoms with E-state index in [4.69, 9.17) is 21.1 Å². The van der Waals surface area contributed by atoms with Crippen molar-refractivity contribution in [1.29, 1.82) is 0 Å². The number of halogens is 1. The molecule has 3 aromatic carbocycles. The van der Waals surface area contributed by atoms with Crippen molar-refractivity contribution >= 4 is 28.7 Å². The molecule has 0 aliphatic heterocycles. The maximum atomic E-state index is 12.3. The first kappa shape index (κ1) is 27.5. The van der Waals surface area contributed by atoms with E-state index in [2.05, 4.69) is 29.2 Å². The number of allylic oxidation sites excluding steroid dienone is 1. The van der Waals surface area contributed by atoms with Crippen molar-refractivity contribution in [3.8, 4) is 11.5 Å². The minimum absolute atomic E-state index is 0.260. The van der Waals surface area contributed by atoms with Crippen LogP contribution in [0, 0.1) is 5.41 Å². The molecule has 190 valence electrons. The van der Waals surface area contributed by atoms with Crippen molar-refractivity contribution in [2.75, 3.05) is 33.1 Å². The molecule has 0 amide bonds. The van der Waals surface area contributed by atoms with Gasteiger partial charge >= 0.3 is 5.97 Å². The summed E-state index contributed by atoms with van der Waals surface area (Å²) in [5, 5.41) is 0. The van der Waals surface area contributed by atoms with Crippen LogP contribution in [0.1, 0.15) is 43.9 Å². The first-order chi connectivity index (χ1) is 17.2. The Bertz CT molecular complexity index is 1150. The van der Waals surface area contributed by atoms with Gasteiger partial charge in [-0.1, -0.05) is 54.6 Å². The molecule has 3 aromatic rings. The number of esters is 1. The highest BCUT2D eigenvalue weighted by atomic mass is 35.5. The molecule has 4 nitrogen and oxygen atoms in total. The lowest BCUT2D eigenvalue weighted by atomic mass is 9.88. The Balaban J connectivity index is 2.00. The second-order valence-electron chi connectivity index (χ2n) is 10.00. The third-order valence-corrected chi connectivity index (χ3v) is 5.87. The van der Waals surface area contributed by atoms with Gasteiger partial charge in [0.15, 0.2) is 0 Å². The number of benzene rings is 3. The predicted molar refractivity (Wildman–Crippen MR) is 150 cm³/mol. The maximum Gasteiger partial charge on any atom is 0.316 e. The SMILES string of the molecule is CN(C)CCOc1ccc(/C(=C(/CCCl)c2ccc(OC(=O)C(C)(C)C)cc2)c2ccccc2)cc1. The van der Waals surface area contributed by atoms with Crippen LogP contribution < -0.4 is 9.47 Å². The minimum atomic E-state index is -0.564. The van der Waals surface area contributed by atoms with Gasteiger partial charge in [0.1, 0.15) is 18.1 Å². The average molecular weight is 506 g/mol. The van der Waals surface area contributed by atoms with E-state index in [0.717, 1.165) is 40.1 Å². The van der Waals surface area contributed by atoms with E-state index < -0.39 is 5.41 Å². The smallest absolute Gasteiger partial charge is 0.316 e. The van der Waals surface area contributed by atoms with E-state index in [1.165, 1.54) is 0 Å². The number of nitrogens with zero attached hydrogens (tertiary/aromatic N) is 1. The zero-order chi connectivity index (χ0) is 26.1. The van der Waals surface area contributed by atoms with Crippen molar-refractivity contribution in [2.24, 2.45) is 5.41 Å². The molecule has 0 aliphatic carbocycles. The number of hydrogen-bond donors (Lipinski definition) is 0. The molecule has 0 spiro atoms. The highest BCUT2D eigenvalue weighted by molar-refractivity contribution is 6.18. The standard InChI is InChI=1S/C31H36ClNO3/c1-31(2,3)30(34)36-27-17-11-23(12-18-27)28(19-20-32)29(24-9-7-6-8-10-24)25-13-15-26(16-14-25)35-22-21-33(4)5/h6-18H,19-22H2,1-5H3/b29-28-. The second-order valence-corrected chi connectivity index (χ2v) is 10.4. The largest absolute Gasteiger partial charge is 0.492 e. The molecular formula is C31H36ClNO3. The molecule has 0 atom stereocenters. The molecular weight excluding hydrogens is 470 g/mol. The molecule has 0 saturated carbocycles. The fourth-order valence-corrected chi connectivity index (χ4v) is 3.87. The Kier molecular flexibility index (Phi) is 9.74. The van der Waals surface area contributed by atoms with Crippen molar-refractivity contribution in [2.45, 2.75) is 27.2 Å². The van der Waals surface area contributed by atoms with Crippen LogP contribution in [-0.2, 0) is 4.79 Å². The monoisotopic (exact) mass is 505 g/mol. The zero-order valence-electron chi connectivity index (χ0n) is 21.9. The van der Waals surface area contributed by atoms with E-state index in [0.29, 0.717) is 24.7 Å². The Hall–Kier alpha value is -3.08. The normalized spacial score (nSPS) is 12.3. The summed E-state index contributed by atoms with van der Waals surface area (Å²) in [6.07, 6.45) is 0.688. The van der Waals surface area contributed by atoms with E-state index >= 15 is 0 Å². The molecule has 3 rings (SSSR count). The van der Waals surface area contributed by atoms with Crippen molar-refractivity contribution in [3.63, 3.8) is 0 Å². The third-order valence-electron chi connectivity index (χ3n) is 5.68. The molecule has 0 radical (unpaired) electrons. The van der Waals surface area contributed by atoms with Gasteiger partial charge in [-0.25, -0.2) is 0 Å². The summed E-state index contributed by atoms with van der Waals surface area (Å²) < 4.78 is 11.5. The predicted octanol–water partition coefficient (Wildman–Crippen LogP) is 7.17. The Morgan fingerprint density at radius 2 is 1.36 bits per heavy atom. The van der Waals surface area contributed by atoms with E-state index in [-0.39, 0.29) is 5.97 Å². The summed E-state index contributed by atoms with van der Waals surface area (Å²) >= 11 is 6.30. The van der Waals surface area contributed by atoms with Crippen LogP contribution in [0.25, 0.3) is 11.1 Å². The number of ether oxygens (including phenoxy) is 2. The molecule has 0 bridgehead atoms. The molecule has 0 N–H and O–H groups in total. The summed E-state index contributed by atoms with van der Waals surface area (Å²) in [7, 11) is 4.06. The Labute approximate surface area is 220 Å². The molecule has 5 heteroatoms. The maximum absolute atomic E-state index is 12.3. The third kappa shape index (κ3) is 7.71. The summed E-state index contributed by atoms with van der Waals surface area (Å²) in [4.78, 5) is 14.4. The fraction of sp³-hybridized carbons (Fsp3) is 0.323. The number of rotatable bonds is 10. The van der Waals surface area contributed by atoms with Gasteiger partial charge in [-0.15, -0.1) is 11.6 Å². The van der Waals surface area contributed by atoms with Gasteiger partial charge in [-0.05, 0) is 93.4 Å². The number of carbonyl (C=O) groups excluding carboxylic acids is 1. The van der Waals surface area contributed by atoms with Crippen LogP contribution in [0.4, 0.5) is 0 Å². The molecule has 36 heavy (non-hydrogen) atoms. The van der Waals surface area contributed by atoms with Gasteiger partial charge in [-0.2, -0.15) is 0 Å². The van der Waals surface area contributed by atoms with Gasteiger partial charge in [0.25, 0.3) is 0 Å². The number of hydrogen-bond acceptors (Lipinski definition) is 4. The minimum Gasteiger partial charge on any atom is -0.492 e. The number of alkyl halides is 1. The summed E-state index contributed by atoms with van der Waals surface area (Å²) in [6.45, 7) is 7.02. The topological polar surface area (TPSA) is 38.8 Å². The summed E-state index contributed by atoms with van der Waals surface area (Å²) in [5.74, 6) is 1.60. The quantitative estimate of drug-likeness (QED) is 0.127. The van der Waals surface area contributed by atoms with Crippen LogP contribution in [-0.4, -0.2) is 44.0 Å². The van der Waals surface area contributed by atoms with Gasteiger partial charge < -0.3 is 14.4 Å².